The van der Waals surface area contributed by atoms with E-state index in [1.54, 1.807) is 0 Å². The van der Waals surface area contributed by atoms with Crippen LogP contribution in [0.25, 0.3) is 0 Å². The summed E-state index contributed by atoms with van der Waals surface area (Å²) in [6.45, 7) is 2.39. The third-order valence-electron chi connectivity index (χ3n) is 3.38. The third-order valence-corrected chi connectivity index (χ3v) is 3.38. The molecule has 0 aliphatic heterocycles. The number of hydrogen-bond acceptors (Lipinski definition) is 3. The average Bonchev–Trinajstić information content (AvgIpc) is 3.06. The van der Waals surface area contributed by atoms with E-state index >= 15 is 0 Å². The molecule has 1 atom stereocenters. The lowest BCUT2D eigenvalue weighted by molar-refractivity contribution is -0.124. The molecule has 1 saturated carbocycles. The Bertz CT molecular complexity index is 409. The fourth-order valence-corrected chi connectivity index (χ4v) is 1.84. The number of carbonyl (C=O) groups is 1. The molecule has 1 unspecified atom stereocenters. The topological polar surface area (TPSA) is 72.9 Å². The molecule has 0 saturated heterocycles. The number of amides is 1. The van der Waals surface area contributed by atoms with Gasteiger partial charge in [0.1, 0.15) is 0 Å². The number of nitrogens with zero attached hydrogens (tertiary/aromatic N) is 2. The summed E-state index contributed by atoms with van der Waals surface area (Å²) in [4.78, 5) is 11.9. The highest BCUT2D eigenvalue weighted by Gasteiger charge is 2.27. The van der Waals surface area contributed by atoms with Crippen LogP contribution in [0.15, 0.2) is 6.20 Å². The fourth-order valence-electron chi connectivity index (χ4n) is 1.84. The van der Waals surface area contributed by atoms with E-state index in [1.807, 2.05) is 24.9 Å². The molecule has 1 aromatic heterocycles. The lowest BCUT2D eigenvalue weighted by Crippen LogP contribution is -2.37. The normalized spacial score (nSPS) is 16.9. The van der Waals surface area contributed by atoms with E-state index in [4.69, 9.17) is 5.73 Å². The number of nitrogens with one attached hydrogen (secondary N) is 1. The number of nitrogens with two attached hydrogens (primary N) is 1. The maximum absolute atomic E-state index is 11.9. The van der Waals surface area contributed by atoms with Gasteiger partial charge in [-0.25, -0.2) is 0 Å². The molecule has 1 aliphatic rings. The van der Waals surface area contributed by atoms with Crippen molar-refractivity contribution in [3.63, 3.8) is 0 Å². The predicted octanol–water partition coefficient (Wildman–Crippen LogP) is 0.125. The van der Waals surface area contributed by atoms with E-state index in [0.717, 1.165) is 24.1 Å². The monoisotopic (exact) mass is 236 g/mol. The maximum atomic E-state index is 11.9. The van der Waals surface area contributed by atoms with Crippen molar-refractivity contribution in [1.82, 2.24) is 15.1 Å². The molecule has 2 rings (SSSR count). The SMILES string of the molecule is Cc1c(CC(CN)C(=O)NC2CC2)cnn1C. The zero-order chi connectivity index (χ0) is 12.4. The Morgan fingerprint density at radius 3 is 2.88 bits per heavy atom. The molecule has 94 valence electrons. The first-order valence-corrected chi connectivity index (χ1v) is 6.09. The second kappa shape index (κ2) is 4.87. The van der Waals surface area contributed by atoms with Crippen molar-refractivity contribution >= 4 is 5.91 Å². The molecule has 1 amide bonds. The highest BCUT2D eigenvalue weighted by molar-refractivity contribution is 5.79. The van der Waals surface area contributed by atoms with Crippen LogP contribution in [0.3, 0.4) is 0 Å². The molecular weight excluding hydrogens is 216 g/mol. The van der Waals surface area contributed by atoms with Crippen LogP contribution in [0, 0.1) is 12.8 Å². The minimum absolute atomic E-state index is 0.0817. The van der Waals surface area contributed by atoms with E-state index in [-0.39, 0.29) is 11.8 Å². The van der Waals surface area contributed by atoms with Crippen LogP contribution >= 0.6 is 0 Å². The van der Waals surface area contributed by atoms with Crippen molar-refractivity contribution in [2.24, 2.45) is 18.7 Å². The van der Waals surface area contributed by atoms with Crippen LogP contribution in [0.2, 0.25) is 0 Å². The van der Waals surface area contributed by atoms with Crippen LogP contribution in [-0.2, 0) is 18.3 Å². The van der Waals surface area contributed by atoms with Gasteiger partial charge in [0.05, 0.1) is 12.1 Å². The van der Waals surface area contributed by atoms with Crippen molar-refractivity contribution in [2.45, 2.75) is 32.2 Å². The number of hydrogen-bond donors (Lipinski definition) is 2. The Morgan fingerprint density at radius 1 is 1.71 bits per heavy atom. The third kappa shape index (κ3) is 2.85. The summed E-state index contributed by atoms with van der Waals surface area (Å²) in [7, 11) is 1.90. The second-order valence-corrected chi connectivity index (χ2v) is 4.80. The van der Waals surface area contributed by atoms with Crippen LogP contribution in [0.5, 0.6) is 0 Å². The summed E-state index contributed by atoms with van der Waals surface area (Å²) in [5, 5.41) is 7.19. The second-order valence-electron chi connectivity index (χ2n) is 4.80. The Balaban J connectivity index is 1.98. The van der Waals surface area contributed by atoms with E-state index in [1.165, 1.54) is 0 Å². The van der Waals surface area contributed by atoms with Gasteiger partial charge >= 0.3 is 0 Å². The van der Waals surface area contributed by atoms with Gasteiger partial charge in [-0.05, 0) is 31.7 Å². The van der Waals surface area contributed by atoms with E-state index in [9.17, 15) is 4.79 Å². The van der Waals surface area contributed by atoms with Gasteiger partial charge in [0.2, 0.25) is 5.91 Å². The van der Waals surface area contributed by atoms with Gasteiger partial charge in [-0.2, -0.15) is 5.10 Å². The highest BCUT2D eigenvalue weighted by atomic mass is 16.2. The lowest BCUT2D eigenvalue weighted by Gasteiger charge is -2.14. The number of aryl methyl sites for hydroxylation is 1. The van der Waals surface area contributed by atoms with Crippen LogP contribution < -0.4 is 11.1 Å². The highest BCUT2D eigenvalue weighted by Crippen LogP contribution is 2.20. The van der Waals surface area contributed by atoms with Gasteiger partial charge in [0, 0.05) is 25.3 Å². The molecule has 3 N–H and O–H groups in total. The van der Waals surface area contributed by atoms with Crippen molar-refractivity contribution < 1.29 is 4.79 Å². The molecule has 0 radical (unpaired) electrons. The van der Waals surface area contributed by atoms with Gasteiger partial charge in [-0.3, -0.25) is 9.48 Å². The average molecular weight is 236 g/mol. The zero-order valence-corrected chi connectivity index (χ0v) is 10.4. The zero-order valence-electron chi connectivity index (χ0n) is 10.4. The minimum Gasteiger partial charge on any atom is -0.353 e. The van der Waals surface area contributed by atoms with Crippen LogP contribution in [0.4, 0.5) is 0 Å². The van der Waals surface area contributed by atoms with Crippen molar-refractivity contribution in [2.75, 3.05) is 6.54 Å². The van der Waals surface area contributed by atoms with E-state index in [0.29, 0.717) is 19.0 Å². The molecule has 1 heterocycles. The van der Waals surface area contributed by atoms with Gasteiger partial charge in [0.25, 0.3) is 0 Å². The molecule has 5 heteroatoms. The summed E-state index contributed by atoms with van der Waals surface area (Å²) in [6.07, 6.45) is 4.71. The van der Waals surface area contributed by atoms with Gasteiger partial charge in [-0.1, -0.05) is 0 Å². The Kier molecular flexibility index (Phi) is 3.47. The summed E-state index contributed by atoms with van der Waals surface area (Å²) >= 11 is 0. The molecular formula is C12H20N4O. The van der Waals surface area contributed by atoms with Crippen molar-refractivity contribution in [3.05, 3.63) is 17.5 Å². The van der Waals surface area contributed by atoms with Crippen LogP contribution in [0.1, 0.15) is 24.1 Å². The standard InChI is InChI=1S/C12H20N4O/c1-8-10(7-14-16(8)2)5-9(6-13)12(17)15-11-3-4-11/h7,9,11H,3-6,13H2,1-2H3,(H,15,17). The fraction of sp³-hybridized carbons (Fsp3) is 0.667. The largest absolute Gasteiger partial charge is 0.353 e. The lowest BCUT2D eigenvalue weighted by atomic mass is 9.99. The van der Waals surface area contributed by atoms with E-state index in [2.05, 4.69) is 10.4 Å². The molecule has 0 aromatic carbocycles. The molecule has 1 aliphatic carbocycles. The molecule has 0 spiro atoms. The molecule has 17 heavy (non-hydrogen) atoms. The first-order valence-electron chi connectivity index (χ1n) is 6.09. The van der Waals surface area contributed by atoms with Gasteiger partial charge < -0.3 is 11.1 Å². The maximum Gasteiger partial charge on any atom is 0.224 e. The molecule has 1 aromatic rings. The summed E-state index contributed by atoms with van der Waals surface area (Å²) in [5.74, 6) is -0.0586. The minimum atomic E-state index is -0.140. The molecule has 5 nitrogen and oxygen atoms in total. The summed E-state index contributed by atoms with van der Waals surface area (Å²) in [6, 6.07) is 0.395. The summed E-state index contributed by atoms with van der Waals surface area (Å²) in [5.41, 5.74) is 7.89. The van der Waals surface area contributed by atoms with Gasteiger partial charge in [-0.15, -0.1) is 0 Å². The van der Waals surface area contributed by atoms with Crippen molar-refractivity contribution in [3.8, 4) is 0 Å². The first kappa shape index (κ1) is 12.1. The predicted molar refractivity (Wildman–Crippen MR) is 65.4 cm³/mol. The molecule has 0 bridgehead atoms. The Labute approximate surface area is 101 Å². The van der Waals surface area contributed by atoms with Gasteiger partial charge in [0.15, 0.2) is 0 Å². The first-order chi connectivity index (χ1) is 8.11. The Hall–Kier alpha value is -1.36. The number of carbonyl (C=O) groups excluding carboxylic acids is 1. The summed E-state index contributed by atoms with van der Waals surface area (Å²) < 4.78 is 1.82. The quantitative estimate of drug-likeness (QED) is 0.763. The van der Waals surface area contributed by atoms with Crippen molar-refractivity contribution in [1.29, 1.82) is 0 Å². The number of rotatable bonds is 5. The van der Waals surface area contributed by atoms with Crippen LogP contribution in [-0.4, -0.2) is 28.3 Å². The Morgan fingerprint density at radius 2 is 2.41 bits per heavy atom. The number of aromatic nitrogens is 2. The molecule has 1 fully saturated rings. The van der Waals surface area contributed by atoms with E-state index < -0.39 is 0 Å². The smallest absolute Gasteiger partial charge is 0.224 e.